The molecule has 1 aliphatic rings. The number of piperidine rings is 1. The highest BCUT2D eigenvalue weighted by Gasteiger charge is 2.23. The third kappa shape index (κ3) is 6.36. The van der Waals surface area contributed by atoms with Crippen LogP contribution in [0.3, 0.4) is 0 Å². The first kappa shape index (κ1) is 19.0. The molecule has 1 heterocycles. The molecule has 0 unspecified atom stereocenters. The molecule has 1 aromatic rings. The van der Waals surface area contributed by atoms with Crippen LogP contribution in [0.5, 0.6) is 0 Å². The third-order valence-electron chi connectivity index (χ3n) is 3.69. The molecule has 1 fully saturated rings. The number of anilines is 1. The standard InChI is InChI=1S/C14H19BrN2O.C2H3ClO/c1-11(18)17-9-7-14(8-10-17)16(2)13-5-3-12(15)4-6-13;1-2(3)4/h3-6,14H,7-10H2,1-2H3;1H3. The highest BCUT2D eigenvalue weighted by molar-refractivity contribution is 9.10. The van der Waals surface area contributed by atoms with Crippen molar-refractivity contribution in [2.45, 2.75) is 32.7 Å². The molecule has 0 N–H and O–H groups in total. The van der Waals surface area contributed by atoms with Gasteiger partial charge in [-0.1, -0.05) is 15.9 Å². The van der Waals surface area contributed by atoms with Crippen LogP contribution in [-0.4, -0.2) is 42.2 Å². The van der Waals surface area contributed by atoms with Crippen molar-refractivity contribution < 1.29 is 9.59 Å². The second-order valence-electron chi connectivity index (χ2n) is 5.29. The summed E-state index contributed by atoms with van der Waals surface area (Å²) >= 11 is 8.09. The van der Waals surface area contributed by atoms with E-state index in [0.29, 0.717) is 6.04 Å². The SMILES string of the molecule is CC(=O)Cl.CC(=O)N1CCC(N(C)c2ccc(Br)cc2)CC1. The Hall–Kier alpha value is -1.07. The lowest BCUT2D eigenvalue weighted by Crippen LogP contribution is -2.45. The Morgan fingerprint density at radius 3 is 2.05 bits per heavy atom. The van der Waals surface area contributed by atoms with Crippen LogP contribution in [0.25, 0.3) is 0 Å². The van der Waals surface area contributed by atoms with Gasteiger partial charge >= 0.3 is 0 Å². The van der Waals surface area contributed by atoms with E-state index < -0.39 is 0 Å². The Morgan fingerprint density at radius 2 is 1.64 bits per heavy atom. The van der Waals surface area contributed by atoms with Crippen molar-refractivity contribution in [2.24, 2.45) is 0 Å². The van der Waals surface area contributed by atoms with Crippen molar-refractivity contribution >= 4 is 44.4 Å². The average Bonchev–Trinajstić information content (AvgIpc) is 2.47. The van der Waals surface area contributed by atoms with Gasteiger partial charge in [0.2, 0.25) is 11.1 Å². The molecule has 2 rings (SSSR count). The van der Waals surface area contributed by atoms with Gasteiger partial charge in [0.15, 0.2) is 0 Å². The molecule has 1 aromatic carbocycles. The summed E-state index contributed by atoms with van der Waals surface area (Å²) in [5.74, 6) is 0.194. The summed E-state index contributed by atoms with van der Waals surface area (Å²) in [7, 11) is 2.14. The van der Waals surface area contributed by atoms with E-state index in [9.17, 15) is 9.59 Å². The maximum absolute atomic E-state index is 11.3. The van der Waals surface area contributed by atoms with Gasteiger partial charge in [-0.25, -0.2) is 0 Å². The van der Waals surface area contributed by atoms with E-state index in [2.05, 4.69) is 63.7 Å². The highest BCUT2D eigenvalue weighted by atomic mass is 79.9. The maximum Gasteiger partial charge on any atom is 0.219 e. The van der Waals surface area contributed by atoms with Crippen LogP contribution in [0.15, 0.2) is 28.7 Å². The summed E-state index contributed by atoms with van der Waals surface area (Å²) in [6.45, 7) is 4.70. The Bertz CT molecular complexity index is 495. The van der Waals surface area contributed by atoms with E-state index in [1.807, 2.05) is 4.90 Å². The zero-order valence-electron chi connectivity index (χ0n) is 13.2. The second kappa shape index (κ2) is 9.16. The molecule has 1 saturated heterocycles. The first-order chi connectivity index (χ1) is 10.3. The maximum atomic E-state index is 11.3. The number of likely N-dealkylation sites (tertiary alicyclic amines) is 1. The first-order valence-electron chi connectivity index (χ1n) is 7.21. The number of amides is 1. The molecular weight excluding hydrogens is 368 g/mol. The topological polar surface area (TPSA) is 40.6 Å². The zero-order chi connectivity index (χ0) is 16.7. The molecule has 0 spiro atoms. The molecule has 22 heavy (non-hydrogen) atoms. The van der Waals surface area contributed by atoms with E-state index in [1.165, 1.54) is 12.6 Å². The van der Waals surface area contributed by atoms with Crippen molar-refractivity contribution in [1.82, 2.24) is 4.90 Å². The Balaban J connectivity index is 0.000000541. The molecule has 0 saturated carbocycles. The fourth-order valence-electron chi connectivity index (χ4n) is 2.46. The van der Waals surface area contributed by atoms with Crippen molar-refractivity contribution in [2.75, 3.05) is 25.0 Å². The minimum absolute atomic E-state index is 0.194. The molecule has 0 aliphatic carbocycles. The van der Waals surface area contributed by atoms with Crippen LogP contribution < -0.4 is 4.90 Å². The zero-order valence-corrected chi connectivity index (χ0v) is 15.5. The van der Waals surface area contributed by atoms with Gasteiger partial charge in [0.05, 0.1) is 0 Å². The molecule has 0 aromatic heterocycles. The molecule has 1 amide bonds. The molecule has 0 atom stereocenters. The van der Waals surface area contributed by atoms with E-state index in [1.54, 1.807) is 6.92 Å². The van der Waals surface area contributed by atoms with Gasteiger partial charge < -0.3 is 9.80 Å². The lowest BCUT2D eigenvalue weighted by molar-refractivity contribution is -0.129. The number of nitrogens with zero attached hydrogens (tertiary/aromatic N) is 2. The van der Waals surface area contributed by atoms with Crippen LogP contribution in [-0.2, 0) is 9.59 Å². The lowest BCUT2D eigenvalue weighted by atomic mass is 10.0. The average molecular weight is 390 g/mol. The number of hydrogen-bond acceptors (Lipinski definition) is 3. The van der Waals surface area contributed by atoms with Gasteiger partial charge in [-0.3, -0.25) is 9.59 Å². The van der Waals surface area contributed by atoms with E-state index in [-0.39, 0.29) is 11.1 Å². The van der Waals surface area contributed by atoms with Gasteiger partial charge in [0.1, 0.15) is 0 Å². The fraction of sp³-hybridized carbons (Fsp3) is 0.500. The molecule has 4 nitrogen and oxygen atoms in total. The number of benzene rings is 1. The summed E-state index contributed by atoms with van der Waals surface area (Å²) in [6.07, 6.45) is 2.10. The van der Waals surface area contributed by atoms with Gasteiger partial charge in [0, 0.05) is 50.2 Å². The van der Waals surface area contributed by atoms with Crippen LogP contribution in [0.1, 0.15) is 26.7 Å². The second-order valence-corrected chi connectivity index (χ2v) is 6.74. The summed E-state index contributed by atoms with van der Waals surface area (Å²) in [4.78, 5) is 24.8. The summed E-state index contributed by atoms with van der Waals surface area (Å²) in [5.41, 5.74) is 1.24. The fourth-order valence-corrected chi connectivity index (χ4v) is 2.72. The molecule has 6 heteroatoms. The number of rotatable bonds is 2. The van der Waals surface area contributed by atoms with Crippen LogP contribution in [0, 0.1) is 0 Å². The van der Waals surface area contributed by atoms with Gasteiger partial charge in [-0.2, -0.15) is 0 Å². The van der Waals surface area contributed by atoms with Crippen molar-refractivity contribution in [3.63, 3.8) is 0 Å². The van der Waals surface area contributed by atoms with Crippen molar-refractivity contribution in [1.29, 1.82) is 0 Å². The predicted octanol–water partition coefficient (Wildman–Crippen LogP) is 3.67. The van der Waals surface area contributed by atoms with Gasteiger partial charge in [0.25, 0.3) is 0 Å². The Morgan fingerprint density at radius 1 is 1.18 bits per heavy atom. The van der Waals surface area contributed by atoms with Crippen molar-refractivity contribution in [3.8, 4) is 0 Å². The lowest BCUT2D eigenvalue weighted by Gasteiger charge is -2.37. The van der Waals surface area contributed by atoms with Gasteiger partial charge in [-0.15, -0.1) is 0 Å². The number of carbonyl (C=O) groups excluding carboxylic acids is 2. The molecule has 0 radical (unpaired) electrons. The first-order valence-corrected chi connectivity index (χ1v) is 8.38. The normalized spacial score (nSPS) is 14.9. The Kier molecular flexibility index (Phi) is 7.90. The smallest absolute Gasteiger partial charge is 0.219 e. The van der Waals surface area contributed by atoms with Crippen molar-refractivity contribution in [3.05, 3.63) is 28.7 Å². The van der Waals surface area contributed by atoms with E-state index in [4.69, 9.17) is 0 Å². The molecule has 1 aliphatic heterocycles. The summed E-state index contributed by atoms with van der Waals surface area (Å²) < 4.78 is 1.10. The monoisotopic (exact) mass is 388 g/mol. The number of halogens is 2. The molecular formula is C16H22BrClN2O2. The Labute approximate surface area is 145 Å². The minimum Gasteiger partial charge on any atom is -0.371 e. The van der Waals surface area contributed by atoms with E-state index >= 15 is 0 Å². The highest BCUT2D eigenvalue weighted by Crippen LogP contribution is 2.23. The molecule has 0 bridgehead atoms. The molecule has 122 valence electrons. The predicted molar refractivity (Wildman–Crippen MR) is 94.4 cm³/mol. The van der Waals surface area contributed by atoms with Crippen LogP contribution in [0.2, 0.25) is 0 Å². The largest absolute Gasteiger partial charge is 0.371 e. The van der Waals surface area contributed by atoms with Gasteiger partial charge in [-0.05, 0) is 48.7 Å². The summed E-state index contributed by atoms with van der Waals surface area (Å²) in [6, 6.07) is 8.91. The number of carbonyl (C=O) groups is 2. The van der Waals surface area contributed by atoms with E-state index in [0.717, 1.165) is 30.4 Å². The van der Waals surface area contributed by atoms with Crippen LogP contribution >= 0.6 is 27.5 Å². The third-order valence-corrected chi connectivity index (χ3v) is 4.22. The number of hydrogen-bond donors (Lipinski definition) is 0. The summed E-state index contributed by atoms with van der Waals surface area (Å²) in [5, 5.41) is -0.361. The minimum atomic E-state index is -0.361. The van der Waals surface area contributed by atoms with Crippen LogP contribution in [0.4, 0.5) is 5.69 Å². The quantitative estimate of drug-likeness (QED) is 0.725.